The van der Waals surface area contributed by atoms with Crippen LogP contribution in [0.4, 0.5) is 0 Å². The fraction of sp³-hybridized carbons (Fsp3) is 0.667. The van der Waals surface area contributed by atoms with Crippen LogP contribution in [-0.2, 0) is 16.6 Å². The third kappa shape index (κ3) is 4.54. The van der Waals surface area contributed by atoms with E-state index in [9.17, 15) is 8.42 Å². The summed E-state index contributed by atoms with van der Waals surface area (Å²) in [5.74, 6) is 0. The van der Waals surface area contributed by atoms with E-state index in [1.54, 1.807) is 11.4 Å². The smallest absolute Gasteiger partial charge is 0.242 e. The molecule has 1 unspecified atom stereocenters. The van der Waals surface area contributed by atoms with Crippen molar-refractivity contribution in [2.45, 2.75) is 38.3 Å². The Labute approximate surface area is 119 Å². The van der Waals surface area contributed by atoms with Gasteiger partial charge >= 0.3 is 0 Å². The maximum absolute atomic E-state index is 12.3. The summed E-state index contributed by atoms with van der Waals surface area (Å²) in [7, 11) is -3.47. The van der Waals surface area contributed by atoms with Crippen molar-refractivity contribution in [3.63, 3.8) is 0 Å². The Morgan fingerprint density at radius 1 is 1.42 bits per heavy atom. The number of thiophene rings is 1. The van der Waals surface area contributed by atoms with Crippen LogP contribution in [0.1, 0.15) is 25.6 Å². The van der Waals surface area contributed by atoms with E-state index in [-0.39, 0.29) is 12.6 Å². The molecule has 19 heavy (non-hydrogen) atoms. The van der Waals surface area contributed by atoms with Crippen molar-refractivity contribution in [1.82, 2.24) is 9.62 Å². The molecule has 5 nitrogen and oxygen atoms in total. The zero-order valence-electron chi connectivity index (χ0n) is 11.7. The molecule has 1 rings (SSSR count). The summed E-state index contributed by atoms with van der Waals surface area (Å²) in [5.41, 5.74) is 5.56. The second-order valence-electron chi connectivity index (χ2n) is 4.42. The van der Waals surface area contributed by atoms with Gasteiger partial charge in [-0.25, -0.2) is 13.1 Å². The minimum atomic E-state index is -3.47. The fourth-order valence-electron chi connectivity index (χ4n) is 1.95. The standard InChI is InChI=1S/C12H23N3O2S2/c1-4-15(5-2)9-10(3)14-19(16,17)12-6-7-18-11(12)8-13/h6-7,10,14H,4-5,8-9,13H2,1-3H3. The molecular weight excluding hydrogens is 282 g/mol. The highest BCUT2D eigenvalue weighted by Crippen LogP contribution is 2.21. The van der Waals surface area contributed by atoms with Gasteiger partial charge < -0.3 is 10.6 Å². The van der Waals surface area contributed by atoms with Crippen molar-refractivity contribution >= 4 is 21.4 Å². The molecule has 1 aromatic heterocycles. The first-order valence-corrected chi connectivity index (χ1v) is 8.82. The van der Waals surface area contributed by atoms with Gasteiger partial charge in [-0.3, -0.25) is 0 Å². The molecule has 0 amide bonds. The van der Waals surface area contributed by atoms with Crippen LogP contribution in [0.5, 0.6) is 0 Å². The first-order chi connectivity index (χ1) is 8.94. The summed E-state index contributed by atoms with van der Waals surface area (Å²) in [4.78, 5) is 3.19. The largest absolute Gasteiger partial charge is 0.326 e. The van der Waals surface area contributed by atoms with Crippen LogP contribution in [0, 0.1) is 0 Å². The Morgan fingerprint density at radius 3 is 2.58 bits per heavy atom. The number of rotatable bonds is 8. The minimum Gasteiger partial charge on any atom is -0.326 e. The molecule has 0 saturated carbocycles. The molecule has 0 fully saturated rings. The number of likely N-dealkylation sites (N-methyl/N-ethyl adjacent to an activating group) is 1. The van der Waals surface area contributed by atoms with Crippen molar-refractivity contribution in [3.05, 3.63) is 16.3 Å². The van der Waals surface area contributed by atoms with Gasteiger partial charge in [0.25, 0.3) is 0 Å². The quantitative estimate of drug-likeness (QED) is 0.757. The SMILES string of the molecule is CCN(CC)CC(C)NS(=O)(=O)c1ccsc1CN. The molecule has 0 aromatic carbocycles. The molecule has 1 atom stereocenters. The van der Waals surface area contributed by atoms with Crippen LogP contribution in [0.2, 0.25) is 0 Å². The Balaban J connectivity index is 2.75. The van der Waals surface area contributed by atoms with Gasteiger partial charge in [-0.05, 0) is 31.5 Å². The predicted molar refractivity (Wildman–Crippen MR) is 79.8 cm³/mol. The molecule has 0 saturated heterocycles. The lowest BCUT2D eigenvalue weighted by atomic mass is 10.3. The Hall–Kier alpha value is -0.470. The van der Waals surface area contributed by atoms with Crippen LogP contribution < -0.4 is 10.5 Å². The molecule has 0 aliphatic carbocycles. The van der Waals surface area contributed by atoms with Gasteiger partial charge in [-0.2, -0.15) is 0 Å². The average Bonchev–Trinajstić information content (AvgIpc) is 2.84. The maximum Gasteiger partial charge on any atom is 0.242 e. The highest BCUT2D eigenvalue weighted by molar-refractivity contribution is 7.89. The molecule has 0 radical (unpaired) electrons. The predicted octanol–water partition coefficient (Wildman–Crippen LogP) is 1.22. The Bertz CT molecular complexity index is 481. The fourth-order valence-corrected chi connectivity index (χ4v) is 4.52. The van der Waals surface area contributed by atoms with Crippen LogP contribution in [0.15, 0.2) is 16.3 Å². The summed E-state index contributed by atoms with van der Waals surface area (Å²) in [5, 5.41) is 1.76. The summed E-state index contributed by atoms with van der Waals surface area (Å²) in [6, 6.07) is 1.48. The van der Waals surface area contributed by atoms with Crippen LogP contribution >= 0.6 is 11.3 Å². The highest BCUT2D eigenvalue weighted by atomic mass is 32.2. The molecule has 0 aliphatic heterocycles. The van der Waals surface area contributed by atoms with E-state index in [0.29, 0.717) is 16.3 Å². The Morgan fingerprint density at radius 2 is 2.05 bits per heavy atom. The van der Waals surface area contributed by atoms with E-state index >= 15 is 0 Å². The van der Waals surface area contributed by atoms with Gasteiger partial charge in [0.05, 0.1) is 4.90 Å². The topological polar surface area (TPSA) is 75.4 Å². The maximum atomic E-state index is 12.3. The van der Waals surface area contributed by atoms with Gasteiger partial charge in [0.1, 0.15) is 0 Å². The summed E-state index contributed by atoms with van der Waals surface area (Å²) < 4.78 is 27.2. The number of hydrogen-bond acceptors (Lipinski definition) is 5. The summed E-state index contributed by atoms with van der Waals surface area (Å²) in [6.07, 6.45) is 0. The molecule has 7 heteroatoms. The monoisotopic (exact) mass is 305 g/mol. The highest BCUT2D eigenvalue weighted by Gasteiger charge is 2.21. The lowest BCUT2D eigenvalue weighted by molar-refractivity contribution is 0.282. The van der Waals surface area contributed by atoms with Crippen LogP contribution in [0.3, 0.4) is 0 Å². The second kappa shape index (κ2) is 7.35. The normalized spacial score (nSPS) is 13.9. The van der Waals surface area contributed by atoms with Gasteiger partial charge in [0.15, 0.2) is 0 Å². The number of nitrogens with two attached hydrogens (primary N) is 1. The van der Waals surface area contributed by atoms with Crippen molar-refractivity contribution in [3.8, 4) is 0 Å². The number of sulfonamides is 1. The van der Waals surface area contributed by atoms with Crippen LogP contribution in [-0.4, -0.2) is 39.0 Å². The first-order valence-electron chi connectivity index (χ1n) is 6.45. The third-order valence-corrected chi connectivity index (χ3v) is 5.71. The van der Waals surface area contributed by atoms with Gasteiger partial charge in [-0.1, -0.05) is 13.8 Å². The lowest BCUT2D eigenvalue weighted by Gasteiger charge is -2.23. The molecular formula is C12H23N3O2S2. The van der Waals surface area contributed by atoms with E-state index < -0.39 is 10.0 Å². The average molecular weight is 305 g/mol. The van der Waals surface area contributed by atoms with Gasteiger partial charge in [0, 0.05) is 24.0 Å². The zero-order valence-corrected chi connectivity index (χ0v) is 13.4. The summed E-state index contributed by atoms with van der Waals surface area (Å²) in [6.45, 7) is 8.79. The van der Waals surface area contributed by atoms with E-state index in [2.05, 4.69) is 23.5 Å². The molecule has 0 aliphatic rings. The minimum absolute atomic E-state index is 0.129. The van der Waals surface area contributed by atoms with Crippen LogP contribution in [0.25, 0.3) is 0 Å². The number of nitrogens with zero attached hydrogens (tertiary/aromatic N) is 1. The molecule has 0 bridgehead atoms. The lowest BCUT2D eigenvalue weighted by Crippen LogP contribution is -2.42. The third-order valence-electron chi connectivity index (χ3n) is 2.96. The Kier molecular flexibility index (Phi) is 6.41. The van der Waals surface area contributed by atoms with Crippen molar-refractivity contribution in [2.24, 2.45) is 5.73 Å². The van der Waals surface area contributed by atoms with E-state index in [0.717, 1.165) is 13.1 Å². The number of nitrogens with one attached hydrogen (secondary N) is 1. The molecule has 0 spiro atoms. The van der Waals surface area contributed by atoms with Crippen molar-refractivity contribution in [2.75, 3.05) is 19.6 Å². The van der Waals surface area contributed by atoms with E-state index in [1.165, 1.54) is 11.3 Å². The first kappa shape index (κ1) is 16.6. The number of hydrogen-bond donors (Lipinski definition) is 2. The summed E-state index contributed by atoms with van der Waals surface area (Å²) >= 11 is 1.37. The molecule has 3 N–H and O–H groups in total. The van der Waals surface area contributed by atoms with Crippen molar-refractivity contribution in [1.29, 1.82) is 0 Å². The second-order valence-corrected chi connectivity index (χ2v) is 7.10. The van der Waals surface area contributed by atoms with E-state index in [1.807, 2.05) is 6.92 Å². The van der Waals surface area contributed by atoms with Gasteiger partial charge in [0.2, 0.25) is 10.0 Å². The van der Waals surface area contributed by atoms with Gasteiger partial charge in [-0.15, -0.1) is 11.3 Å². The van der Waals surface area contributed by atoms with E-state index in [4.69, 9.17) is 5.73 Å². The van der Waals surface area contributed by atoms with Crippen molar-refractivity contribution < 1.29 is 8.42 Å². The zero-order chi connectivity index (χ0) is 14.5. The molecule has 1 aromatic rings. The molecule has 110 valence electrons. The molecule has 1 heterocycles.